The third kappa shape index (κ3) is 3.18. The molecule has 1 saturated heterocycles. The topological polar surface area (TPSA) is 53.8 Å². The van der Waals surface area contributed by atoms with E-state index in [-0.39, 0.29) is 17.7 Å². The number of fused-ring (bicyclic) bond motifs is 1. The van der Waals surface area contributed by atoms with Crippen molar-refractivity contribution in [3.05, 3.63) is 48.2 Å². The standard InChI is InChI=1S/C20H22N2O3/c23-19(15-6-2-1-3-7-15)21-10-12-22(13-11-21)20(24)18-14-16-8-4-5-9-17(16)25-18/h1-2,4-5,8-9,14-15H,3,6-7,10-13H2. The molecule has 5 heteroatoms. The highest BCUT2D eigenvalue weighted by Gasteiger charge is 2.30. The first-order chi connectivity index (χ1) is 12.2. The molecule has 0 N–H and O–H groups in total. The predicted octanol–water partition coefficient (Wildman–Crippen LogP) is 3.07. The van der Waals surface area contributed by atoms with E-state index in [0.717, 1.165) is 30.2 Å². The van der Waals surface area contributed by atoms with Crippen LogP contribution in [0.1, 0.15) is 29.8 Å². The zero-order valence-electron chi connectivity index (χ0n) is 14.2. The maximum absolute atomic E-state index is 12.7. The lowest BCUT2D eigenvalue weighted by atomic mass is 9.93. The van der Waals surface area contributed by atoms with Crippen LogP contribution in [0.15, 0.2) is 46.9 Å². The third-order valence-corrected chi connectivity index (χ3v) is 5.13. The van der Waals surface area contributed by atoms with Crippen molar-refractivity contribution in [1.29, 1.82) is 0 Å². The lowest BCUT2D eigenvalue weighted by molar-refractivity contribution is -0.137. The Balaban J connectivity index is 1.38. The van der Waals surface area contributed by atoms with Crippen LogP contribution >= 0.6 is 0 Å². The Bertz CT molecular complexity index is 782. The monoisotopic (exact) mass is 338 g/mol. The second kappa shape index (κ2) is 6.75. The fourth-order valence-electron chi connectivity index (χ4n) is 3.65. The molecular weight excluding hydrogens is 316 g/mol. The number of piperazine rings is 1. The van der Waals surface area contributed by atoms with Gasteiger partial charge in [-0.3, -0.25) is 9.59 Å². The molecule has 2 aliphatic rings. The average molecular weight is 338 g/mol. The number of hydrogen-bond acceptors (Lipinski definition) is 3. The van der Waals surface area contributed by atoms with Gasteiger partial charge in [0.2, 0.25) is 5.91 Å². The number of carbonyl (C=O) groups excluding carboxylic acids is 2. The van der Waals surface area contributed by atoms with Gasteiger partial charge in [-0.1, -0.05) is 30.4 Å². The summed E-state index contributed by atoms with van der Waals surface area (Å²) in [6.07, 6.45) is 7.02. The summed E-state index contributed by atoms with van der Waals surface area (Å²) in [5.74, 6) is 0.630. The maximum Gasteiger partial charge on any atom is 0.289 e. The first-order valence-electron chi connectivity index (χ1n) is 8.94. The molecule has 0 spiro atoms. The minimum absolute atomic E-state index is 0.0936. The molecule has 1 aliphatic carbocycles. The largest absolute Gasteiger partial charge is 0.451 e. The molecule has 1 aromatic heterocycles. The van der Waals surface area contributed by atoms with Crippen molar-refractivity contribution in [3.63, 3.8) is 0 Å². The van der Waals surface area contributed by atoms with E-state index in [0.29, 0.717) is 31.9 Å². The number of allylic oxidation sites excluding steroid dienone is 2. The first-order valence-corrected chi connectivity index (χ1v) is 8.94. The normalized spacial score (nSPS) is 20.9. The van der Waals surface area contributed by atoms with E-state index in [9.17, 15) is 9.59 Å². The molecule has 25 heavy (non-hydrogen) atoms. The molecular formula is C20H22N2O3. The van der Waals surface area contributed by atoms with E-state index in [1.807, 2.05) is 29.2 Å². The highest BCUT2D eigenvalue weighted by Crippen LogP contribution is 2.23. The molecule has 1 fully saturated rings. The number of rotatable bonds is 2. The van der Waals surface area contributed by atoms with Crippen LogP contribution in [0.4, 0.5) is 0 Å². The van der Waals surface area contributed by atoms with Crippen molar-refractivity contribution in [1.82, 2.24) is 9.80 Å². The molecule has 130 valence electrons. The summed E-state index contributed by atoms with van der Waals surface area (Å²) in [4.78, 5) is 28.9. The SMILES string of the molecule is O=C(c1cc2ccccc2o1)N1CCN(C(=O)C2CC=CCC2)CC1. The number of amides is 2. The van der Waals surface area contributed by atoms with Gasteiger partial charge in [-0.15, -0.1) is 0 Å². The van der Waals surface area contributed by atoms with Gasteiger partial charge in [0.1, 0.15) is 5.58 Å². The van der Waals surface area contributed by atoms with Crippen LogP contribution in [0.2, 0.25) is 0 Å². The second-order valence-electron chi connectivity index (χ2n) is 6.75. The highest BCUT2D eigenvalue weighted by molar-refractivity contribution is 5.96. The van der Waals surface area contributed by atoms with Gasteiger partial charge in [0.05, 0.1) is 0 Å². The first kappa shape index (κ1) is 15.9. The summed E-state index contributed by atoms with van der Waals surface area (Å²) < 4.78 is 5.67. The number of furan rings is 1. The summed E-state index contributed by atoms with van der Waals surface area (Å²) in [6.45, 7) is 2.32. The molecule has 2 heterocycles. The van der Waals surface area contributed by atoms with Gasteiger partial charge in [0.25, 0.3) is 5.91 Å². The molecule has 1 aliphatic heterocycles. The van der Waals surface area contributed by atoms with Crippen molar-refractivity contribution < 1.29 is 14.0 Å². The van der Waals surface area contributed by atoms with Crippen LogP contribution < -0.4 is 0 Å². The van der Waals surface area contributed by atoms with Crippen molar-refractivity contribution in [2.24, 2.45) is 5.92 Å². The summed E-state index contributed by atoms with van der Waals surface area (Å²) in [7, 11) is 0. The van der Waals surface area contributed by atoms with E-state index in [1.165, 1.54) is 0 Å². The Morgan fingerprint density at radius 3 is 2.48 bits per heavy atom. The fraction of sp³-hybridized carbons (Fsp3) is 0.400. The minimum atomic E-state index is -0.0936. The fourth-order valence-corrected chi connectivity index (χ4v) is 3.65. The van der Waals surface area contributed by atoms with Crippen LogP contribution in [-0.4, -0.2) is 47.8 Å². The molecule has 0 bridgehead atoms. The minimum Gasteiger partial charge on any atom is -0.451 e. The van der Waals surface area contributed by atoms with Crippen molar-refractivity contribution in [2.45, 2.75) is 19.3 Å². The van der Waals surface area contributed by atoms with Crippen LogP contribution in [0.3, 0.4) is 0 Å². The molecule has 0 saturated carbocycles. The molecule has 0 radical (unpaired) electrons. The van der Waals surface area contributed by atoms with E-state index >= 15 is 0 Å². The molecule has 1 unspecified atom stereocenters. The summed E-state index contributed by atoms with van der Waals surface area (Å²) in [6, 6.07) is 9.41. The zero-order valence-corrected chi connectivity index (χ0v) is 14.2. The van der Waals surface area contributed by atoms with E-state index in [2.05, 4.69) is 12.2 Å². The Morgan fingerprint density at radius 2 is 1.76 bits per heavy atom. The smallest absolute Gasteiger partial charge is 0.289 e. The molecule has 1 atom stereocenters. The quantitative estimate of drug-likeness (QED) is 0.791. The Morgan fingerprint density at radius 1 is 1.00 bits per heavy atom. The Labute approximate surface area is 146 Å². The molecule has 5 nitrogen and oxygen atoms in total. The van der Waals surface area contributed by atoms with Gasteiger partial charge < -0.3 is 14.2 Å². The third-order valence-electron chi connectivity index (χ3n) is 5.13. The molecule has 2 aromatic rings. The van der Waals surface area contributed by atoms with Crippen molar-refractivity contribution in [3.8, 4) is 0 Å². The summed E-state index contributed by atoms with van der Waals surface area (Å²) in [5, 5.41) is 0.935. The number of para-hydroxylation sites is 1. The van der Waals surface area contributed by atoms with Crippen LogP contribution in [0, 0.1) is 5.92 Å². The van der Waals surface area contributed by atoms with Crippen molar-refractivity contribution in [2.75, 3.05) is 26.2 Å². The number of carbonyl (C=O) groups is 2. The summed E-state index contributed by atoms with van der Waals surface area (Å²) in [5.41, 5.74) is 0.727. The Hall–Kier alpha value is -2.56. The van der Waals surface area contributed by atoms with Gasteiger partial charge >= 0.3 is 0 Å². The van der Waals surface area contributed by atoms with Crippen LogP contribution in [0.5, 0.6) is 0 Å². The van der Waals surface area contributed by atoms with Gasteiger partial charge in [-0.25, -0.2) is 0 Å². The number of benzene rings is 1. The highest BCUT2D eigenvalue weighted by atomic mass is 16.3. The van der Waals surface area contributed by atoms with Gasteiger partial charge in [-0.2, -0.15) is 0 Å². The molecule has 4 rings (SSSR count). The zero-order chi connectivity index (χ0) is 17.2. The van der Waals surface area contributed by atoms with Crippen LogP contribution in [0.25, 0.3) is 11.0 Å². The lowest BCUT2D eigenvalue weighted by Crippen LogP contribution is -2.52. The van der Waals surface area contributed by atoms with E-state index in [4.69, 9.17) is 4.42 Å². The van der Waals surface area contributed by atoms with Gasteiger partial charge in [0, 0.05) is 37.5 Å². The molecule has 1 aromatic carbocycles. The molecule has 2 amide bonds. The predicted molar refractivity (Wildman–Crippen MR) is 95.2 cm³/mol. The van der Waals surface area contributed by atoms with E-state index < -0.39 is 0 Å². The van der Waals surface area contributed by atoms with Gasteiger partial charge in [0.15, 0.2) is 5.76 Å². The van der Waals surface area contributed by atoms with Crippen molar-refractivity contribution >= 4 is 22.8 Å². The second-order valence-corrected chi connectivity index (χ2v) is 6.75. The summed E-state index contributed by atoms with van der Waals surface area (Å²) >= 11 is 0. The maximum atomic E-state index is 12.7. The van der Waals surface area contributed by atoms with E-state index in [1.54, 1.807) is 11.0 Å². The lowest BCUT2D eigenvalue weighted by Gasteiger charge is -2.36. The average Bonchev–Trinajstić information content (AvgIpc) is 3.12. The Kier molecular flexibility index (Phi) is 4.30. The van der Waals surface area contributed by atoms with Crippen LogP contribution in [-0.2, 0) is 4.79 Å². The number of hydrogen-bond donors (Lipinski definition) is 0. The van der Waals surface area contributed by atoms with Gasteiger partial charge in [-0.05, 0) is 31.4 Å². The number of nitrogens with zero attached hydrogens (tertiary/aromatic N) is 2.